The van der Waals surface area contributed by atoms with Crippen molar-refractivity contribution in [3.05, 3.63) is 70.1 Å². The second-order valence-electron chi connectivity index (χ2n) is 7.49. The number of nitrogens with one attached hydrogen (secondary N) is 4. The Morgan fingerprint density at radius 1 is 1.20 bits per heavy atom. The second kappa shape index (κ2) is 9.74. The van der Waals surface area contributed by atoms with Crippen LogP contribution in [0.1, 0.15) is 41.7 Å². The maximum atomic E-state index is 12.6. The molecule has 1 saturated carbocycles. The average molecular weight is 406 g/mol. The molecule has 0 unspecified atom stereocenters. The number of benzene rings is 1. The topological polar surface area (TPSA) is 122 Å². The first kappa shape index (κ1) is 21.1. The number of aromatic nitrogens is 1. The summed E-state index contributed by atoms with van der Waals surface area (Å²) in [6, 6.07) is 14.9. The molecule has 1 aliphatic carbocycles. The van der Waals surface area contributed by atoms with E-state index in [0.29, 0.717) is 12.5 Å². The Morgan fingerprint density at radius 2 is 1.93 bits per heavy atom. The van der Waals surface area contributed by atoms with Crippen LogP contribution in [0.25, 0.3) is 0 Å². The third kappa shape index (κ3) is 5.06. The maximum Gasteiger partial charge on any atom is 0.267 e. The molecule has 1 heterocycles. The predicted molar refractivity (Wildman–Crippen MR) is 115 cm³/mol. The van der Waals surface area contributed by atoms with E-state index in [1.807, 2.05) is 24.4 Å². The number of H-pyrrole nitrogens is 1. The Bertz CT molecular complexity index is 984. The lowest BCUT2D eigenvalue weighted by molar-refractivity contribution is 0.0930. The molecule has 1 aromatic carbocycles. The predicted octanol–water partition coefficient (Wildman–Crippen LogP) is 1.63. The van der Waals surface area contributed by atoms with Gasteiger partial charge in [-0.1, -0.05) is 36.4 Å². The van der Waals surface area contributed by atoms with E-state index in [2.05, 4.69) is 38.1 Å². The van der Waals surface area contributed by atoms with Crippen LogP contribution in [0.15, 0.2) is 58.3 Å². The van der Waals surface area contributed by atoms with Gasteiger partial charge in [-0.05, 0) is 37.3 Å². The van der Waals surface area contributed by atoms with Crippen molar-refractivity contribution >= 4 is 11.9 Å². The van der Waals surface area contributed by atoms with Gasteiger partial charge in [0.15, 0.2) is 6.19 Å². The summed E-state index contributed by atoms with van der Waals surface area (Å²) < 4.78 is 0. The lowest BCUT2D eigenvalue weighted by Gasteiger charge is -2.41. The van der Waals surface area contributed by atoms with Crippen molar-refractivity contribution in [2.24, 2.45) is 4.99 Å². The van der Waals surface area contributed by atoms with Crippen molar-refractivity contribution in [3.63, 3.8) is 0 Å². The maximum absolute atomic E-state index is 12.6. The lowest BCUT2D eigenvalue weighted by Crippen LogP contribution is -2.49. The Balaban J connectivity index is 1.72. The van der Waals surface area contributed by atoms with Gasteiger partial charge >= 0.3 is 0 Å². The molecule has 156 valence electrons. The molecule has 0 saturated heterocycles. The SMILES string of the molecule is CN=C(NC#N)NC1CCC(CNC(=O)c2cccc(=O)[nH]2)(c2ccccc2)CC1. The Kier molecular flexibility index (Phi) is 6.86. The summed E-state index contributed by atoms with van der Waals surface area (Å²) in [6.45, 7) is 0.477. The van der Waals surface area contributed by atoms with Crippen molar-refractivity contribution in [3.8, 4) is 6.19 Å². The van der Waals surface area contributed by atoms with Crippen LogP contribution in [0.5, 0.6) is 0 Å². The highest BCUT2D eigenvalue weighted by Gasteiger charge is 2.37. The molecule has 0 atom stereocenters. The first-order valence-corrected chi connectivity index (χ1v) is 9.98. The zero-order valence-corrected chi connectivity index (χ0v) is 16.9. The molecule has 8 heteroatoms. The molecule has 1 amide bonds. The number of carbonyl (C=O) groups excluding carboxylic acids is 1. The van der Waals surface area contributed by atoms with Crippen LogP contribution in [0.3, 0.4) is 0 Å². The van der Waals surface area contributed by atoms with E-state index in [0.717, 1.165) is 25.7 Å². The number of nitrogens with zero attached hydrogens (tertiary/aromatic N) is 2. The molecule has 0 aliphatic heterocycles. The molecule has 1 fully saturated rings. The first-order valence-electron chi connectivity index (χ1n) is 9.98. The number of guanidine groups is 1. The summed E-state index contributed by atoms with van der Waals surface area (Å²) in [5, 5.41) is 17.7. The number of pyridine rings is 1. The molecule has 0 bridgehead atoms. The molecular formula is C22H26N6O2. The molecule has 0 spiro atoms. The normalized spacial score (nSPS) is 21.3. The van der Waals surface area contributed by atoms with Gasteiger partial charge in [0.2, 0.25) is 11.5 Å². The average Bonchev–Trinajstić information content (AvgIpc) is 2.78. The monoisotopic (exact) mass is 406 g/mol. The van der Waals surface area contributed by atoms with E-state index < -0.39 is 0 Å². The van der Waals surface area contributed by atoms with Crippen molar-refractivity contribution in [2.75, 3.05) is 13.6 Å². The van der Waals surface area contributed by atoms with E-state index >= 15 is 0 Å². The highest BCUT2D eigenvalue weighted by Crippen LogP contribution is 2.39. The zero-order chi connectivity index (χ0) is 21.4. The van der Waals surface area contributed by atoms with Crippen LogP contribution >= 0.6 is 0 Å². The highest BCUT2D eigenvalue weighted by molar-refractivity contribution is 5.92. The fourth-order valence-electron chi connectivity index (χ4n) is 4.00. The third-order valence-corrected chi connectivity index (χ3v) is 5.67. The first-order chi connectivity index (χ1) is 14.6. The largest absolute Gasteiger partial charge is 0.353 e. The molecule has 30 heavy (non-hydrogen) atoms. The molecule has 0 radical (unpaired) electrons. The second-order valence-corrected chi connectivity index (χ2v) is 7.49. The molecule has 1 aliphatic rings. The fraction of sp³-hybridized carbons (Fsp3) is 0.364. The molecule has 4 N–H and O–H groups in total. The van der Waals surface area contributed by atoms with E-state index in [1.54, 1.807) is 19.2 Å². The number of hydrogen-bond acceptors (Lipinski definition) is 4. The van der Waals surface area contributed by atoms with Crippen LogP contribution < -0.4 is 21.5 Å². The van der Waals surface area contributed by atoms with Crippen molar-refractivity contribution < 1.29 is 4.79 Å². The molecule has 2 aromatic rings. The zero-order valence-electron chi connectivity index (χ0n) is 16.9. The van der Waals surface area contributed by atoms with Gasteiger partial charge in [-0.25, -0.2) is 0 Å². The smallest absolute Gasteiger partial charge is 0.267 e. The molecular weight excluding hydrogens is 380 g/mol. The quantitative estimate of drug-likeness (QED) is 0.260. The summed E-state index contributed by atoms with van der Waals surface area (Å²) in [6.07, 6.45) is 5.36. The summed E-state index contributed by atoms with van der Waals surface area (Å²) in [5.41, 5.74) is 0.944. The summed E-state index contributed by atoms with van der Waals surface area (Å²) in [5.74, 6) is 0.179. The third-order valence-electron chi connectivity index (χ3n) is 5.67. The van der Waals surface area contributed by atoms with Gasteiger partial charge in [-0.3, -0.25) is 19.9 Å². The number of aromatic amines is 1. The van der Waals surface area contributed by atoms with Gasteiger partial charge in [-0.15, -0.1) is 0 Å². The summed E-state index contributed by atoms with van der Waals surface area (Å²) in [4.78, 5) is 30.7. The minimum absolute atomic E-state index is 0.197. The molecule has 8 nitrogen and oxygen atoms in total. The van der Waals surface area contributed by atoms with Crippen molar-refractivity contribution in [1.82, 2.24) is 20.9 Å². The molecule has 1 aromatic heterocycles. The van der Waals surface area contributed by atoms with Gasteiger partial charge < -0.3 is 15.6 Å². The number of hydrogen-bond donors (Lipinski definition) is 4. The van der Waals surface area contributed by atoms with Crippen molar-refractivity contribution in [2.45, 2.75) is 37.1 Å². The van der Waals surface area contributed by atoms with Crippen LogP contribution in [0, 0.1) is 11.5 Å². The van der Waals surface area contributed by atoms with Gasteiger partial charge in [0.25, 0.3) is 5.91 Å². The number of rotatable bonds is 5. The van der Waals surface area contributed by atoms with Crippen LogP contribution in [-0.2, 0) is 5.41 Å². The van der Waals surface area contributed by atoms with E-state index in [4.69, 9.17) is 5.26 Å². The number of nitriles is 1. The Labute approximate surface area is 175 Å². The summed E-state index contributed by atoms with van der Waals surface area (Å²) in [7, 11) is 1.63. The number of amides is 1. The standard InChI is InChI=1S/C22H26N6O2/c1-24-21(26-15-23)27-17-10-12-22(13-11-17,16-6-3-2-4-7-16)14-25-20(30)18-8-5-9-19(29)28-18/h2-9,17H,10-14H2,1H3,(H,25,30)(H,28,29)(H2,24,26,27). The van der Waals surface area contributed by atoms with Crippen LogP contribution in [0.2, 0.25) is 0 Å². The lowest BCUT2D eigenvalue weighted by atomic mass is 9.68. The summed E-state index contributed by atoms with van der Waals surface area (Å²) >= 11 is 0. The molecule has 3 rings (SSSR count). The Morgan fingerprint density at radius 3 is 2.57 bits per heavy atom. The van der Waals surface area contributed by atoms with Crippen molar-refractivity contribution in [1.29, 1.82) is 5.26 Å². The van der Waals surface area contributed by atoms with Crippen LogP contribution in [-0.4, -0.2) is 36.5 Å². The van der Waals surface area contributed by atoms with Gasteiger partial charge in [0.05, 0.1) is 0 Å². The van der Waals surface area contributed by atoms with E-state index in [1.165, 1.54) is 11.6 Å². The Hall–Kier alpha value is -3.60. The number of aliphatic imine (C=N–C) groups is 1. The fourth-order valence-corrected chi connectivity index (χ4v) is 4.00. The minimum Gasteiger partial charge on any atom is -0.353 e. The number of carbonyl (C=O) groups is 1. The minimum atomic E-state index is -0.300. The van der Waals surface area contributed by atoms with E-state index in [9.17, 15) is 9.59 Å². The van der Waals surface area contributed by atoms with E-state index in [-0.39, 0.29) is 28.6 Å². The van der Waals surface area contributed by atoms with Gasteiger partial charge in [0.1, 0.15) is 5.69 Å². The van der Waals surface area contributed by atoms with Crippen LogP contribution in [0.4, 0.5) is 0 Å². The van der Waals surface area contributed by atoms with Gasteiger partial charge in [-0.2, -0.15) is 5.26 Å². The van der Waals surface area contributed by atoms with Gasteiger partial charge in [0, 0.05) is 31.1 Å². The highest BCUT2D eigenvalue weighted by atomic mass is 16.2.